The Balaban J connectivity index is 0.000000141. The van der Waals surface area contributed by atoms with E-state index in [0.29, 0.717) is 48.3 Å². The van der Waals surface area contributed by atoms with Gasteiger partial charge in [0.1, 0.15) is 0 Å². The molecule has 4 aromatic rings. The zero-order chi connectivity index (χ0) is 55.1. The van der Waals surface area contributed by atoms with E-state index in [2.05, 4.69) is 19.6 Å². The Morgan fingerprint density at radius 1 is 0.198 bits per heavy atom. The van der Waals surface area contributed by atoms with Crippen LogP contribution in [0.4, 0.5) is 22.7 Å². The SMILES string of the molecule is [O-]c1ccccc1N(C1CCCCC1)C1CCCCC1.[O-]c1ccccc1N(C1CCCCC1)C1CCCCC1.[O-]c1ccccc1N(C1CCCCC1)C1CCCCC1.[O-]c1ccccc1N(C1CCCCC1)C1CCCCC1.[Zr+4]. The van der Waals surface area contributed by atoms with E-state index < -0.39 is 0 Å². The van der Waals surface area contributed by atoms with Crippen LogP contribution in [0.25, 0.3) is 0 Å². The zero-order valence-corrected chi connectivity index (χ0v) is 52.5. The van der Waals surface area contributed by atoms with Crippen LogP contribution in [0.2, 0.25) is 0 Å². The second-order valence-electron chi connectivity index (χ2n) is 25.8. The Bertz CT molecular complexity index is 1940. The third kappa shape index (κ3) is 18.1. The fraction of sp³-hybridized carbons (Fsp3) is 0.667. The van der Waals surface area contributed by atoms with Crippen molar-refractivity contribution in [1.29, 1.82) is 0 Å². The molecule has 0 spiro atoms. The van der Waals surface area contributed by atoms with Crippen molar-refractivity contribution in [2.75, 3.05) is 19.6 Å². The van der Waals surface area contributed by atoms with Crippen molar-refractivity contribution in [3.8, 4) is 23.0 Å². The van der Waals surface area contributed by atoms with Gasteiger partial charge in [-0.1, -0.05) is 250 Å². The summed E-state index contributed by atoms with van der Waals surface area (Å²) in [6.07, 6.45) is 52.5. The summed E-state index contributed by atoms with van der Waals surface area (Å²) in [6.45, 7) is 0. The first-order valence-corrected chi connectivity index (χ1v) is 33.6. The van der Waals surface area contributed by atoms with Crippen LogP contribution in [-0.2, 0) is 26.2 Å². The van der Waals surface area contributed by atoms with Gasteiger partial charge in [0.05, 0.1) is 0 Å². The molecule has 0 amide bonds. The molecule has 9 heteroatoms. The average molecular weight is 1180 g/mol. The fourth-order valence-corrected chi connectivity index (χ4v) is 16.3. The zero-order valence-electron chi connectivity index (χ0n) is 50.1. The topological polar surface area (TPSA) is 105 Å². The van der Waals surface area contributed by atoms with Crippen molar-refractivity contribution >= 4 is 22.7 Å². The van der Waals surface area contributed by atoms with Crippen LogP contribution in [0, 0.1) is 0 Å². The molecule has 4 aromatic carbocycles. The summed E-state index contributed by atoms with van der Waals surface area (Å²) < 4.78 is 0. The van der Waals surface area contributed by atoms with Crippen molar-refractivity contribution in [2.24, 2.45) is 0 Å². The largest absolute Gasteiger partial charge is 4.00 e. The fourth-order valence-electron chi connectivity index (χ4n) is 16.3. The summed E-state index contributed by atoms with van der Waals surface area (Å²) >= 11 is 0. The van der Waals surface area contributed by atoms with E-state index in [1.165, 1.54) is 257 Å². The molecular weight excluding hydrogens is 1080 g/mol. The molecule has 0 aliphatic heterocycles. The maximum Gasteiger partial charge on any atom is 4.00 e. The van der Waals surface area contributed by atoms with Gasteiger partial charge in [0.25, 0.3) is 0 Å². The van der Waals surface area contributed by atoms with Crippen LogP contribution in [0.3, 0.4) is 0 Å². The molecule has 8 fully saturated rings. The summed E-state index contributed by atoms with van der Waals surface area (Å²) in [5.41, 5.74) is 3.86. The number of hydrogen-bond acceptors (Lipinski definition) is 8. The Morgan fingerprint density at radius 3 is 0.444 bits per heavy atom. The van der Waals surface area contributed by atoms with Gasteiger partial charge in [-0.15, -0.1) is 0 Å². The molecule has 8 saturated carbocycles. The minimum Gasteiger partial charge on any atom is -0.871 e. The maximum atomic E-state index is 12.3. The number of rotatable bonds is 12. The summed E-state index contributed by atoms with van der Waals surface area (Å²) in [7, 11) is 0. The van der Waals surface area contributed by atoms with E-state index in [1.54, 1.807) is 24.3 Å². The summed E-state index contributed by atoms with van der Waals surface area (Å²) in [6, 6.07) is 35.5. The Hall–Kier alpha value is -3.84. The molecule has 12 rings (SSSR count). The van der Waals surface area contributed by atoms with Crippen LogP contribution >= 0.6 is 0 Å². The van der Waals surface area contributed by atoms with Crippen molar-refractivity contribution in [2.45, 2.75) is 305 Å². The predicted octanol–water partition coefficient (Wildman–Crippen LogP) is 16.9. The Labute approximate surface area is 511 Å². The molecule has 0 aromatic heterocycles. The average Bonchev–Trinajstić information content (AvgIpc) is 3.52. The molecule has 0 atom stereocenters. The van der Waals surface area contributed by atoms with E-state index >= 15 is 0 Å². The van der Waals surface area contributed by atoms with Crippen LogP contribution < -0.4 is 40.0 Å². The molecule has 0 N–H and O–H groups in total. The maximum absolute atomic E-state index is 12.3. The predicted molar refractivity (Wildman–Crippen MR) is 328 cm³/mol. The number of nitrogens with zero attached hydrogens (tertiary/aromatic N) is 4. The number of hydrogen-bond donors (Lipinski definition) is 0. The summed E-state index contributed by atoms with van der Waals surface area (Å²) in [5, 5.41) is 49.2. The van der Waals surface area contributed by atoms with Crippen molar-refractivity contribution in [3.05, 3.63) is 97.1 Å². The van der Waals surface area contributed by atoms with Crippen LogP contribution in [0.5, 0.6) is 23.0 Å². The standard InChI is InChI=1S/4C18H27NO.Zr/c4*20-18-14-8-7-13-17(18)19(15-9-3-1-4-10-15)16-11-5-2-6-12-16;/h4*7-8,13-16,20H,1-6,9-12H2;/q;;;;+4/p-4. The van der Waals surface area contributed by atoms with E-state index in [9.17, 15) is 20.4 Å². The molecule has 0 saturated heterocycles. The minimum atomic E-state index is 0. The molecule has 440 valence electrons. The second kappa shape index (κ2) is 34.2. The van der Waals surface area contributed by atoms with E-state index in [4.69, 9.17) is 0 Å². The number of para-hydroxylation sites is 8. The van der Waals surface area contributed by atoms with Gasteiger partial charge in [-0.2, -0.15) is 0 Å². The third-order valence-corrected chi connectivity index (χ3v) is 20.3. The molecular formula is C72H104N4O4Zr. The quantitative estimate of drug-likeness (QED) is 0.138. The molecule has 81 heavy (non-hydrogen) atoms. The van der Waals surface area contributed by atoms with Crippen molar-refractivity contribution < 1.29 is 46.6 Å². The van der Waals surface area contributed by atoms with Gasteiger partial charge < -0.3 is 40.0 Å². The number of benzene rings is 4. The first kappa shape index (κ1) is 63.2. The van der Waals surface area contributed by atoms with Gasteiger partial charge in [-0.05, 0) is 127 Å². The molecule has 0 heterocycles. The molecule has 0 unspecified atom stereocenters. The Morgan fingerprint density at radius 2 is 0.321 bits per heavy atom. The van der Waals surface area contributed by atoms with Crippen molar-refractivity contribution in [1.82, 2.24) is 0 Å². The molecule has 0 bridgehead atoms. The first-order chi connectivity index (χ1) is 39.4. The van der Waals surface area contributed by atoms with Gasteiger partial charge in [0, 0.05) is 71.1 Å². The summed E-state index contributed by atoms with van der Waals surface area (Å²) in [5.74, 6) is 0.847. The van der Waals surface area contributed by atoms with E-state index in [0.717, 1.165) is 22.7 Å². The summed E-state index contributed by atoms with van der Waals surface area (Å²) in [4.78, 5) is 10.1. The first-order valence-electron chi connectivity index (χ1n) is 33.6. The van der Waals surface area contributed by atoms with Gasteiger partial charge in [0.15, 0.2) is 0 Å². The van der Waals surface area contributed by atoms with E-state index in [1.807, 2.05) is 72.8 Å². The number of anilines is 4. The van der Waals surface area contributed by atoms with Crippen LogP contribution in [0.15, 0.2) is 97.1 Å². The van der Waals surface area contributed by atoms with Gasteiger partial charge in [-0.25, -0.2) is 0 Å². The molecule has 8 nitrogen and oxygen atoms in total. The molecule has 8 aliphatic carbocycles. The van der Waals surface area contributed by atoms with Crippen molar-refractivity contribution in [3.63, 3.8) is 0 Å². The van der Waals surface area contributed by atoms with Gasteiger partial charge >= 0.3 is 26.2 Å². The monoisotopic (exact) mass is 1180 g/mol. The van der Waals surface area contributed by atoms with Gasteiger partial charge in [0.2, 0.25) is 0 Å². The Kier molecular flexibility index (Phi) is 26.7. The van der Waals surface area contributed by atoms with Crippen LogP contribution in [-0.4, -0.2) is 48.3 Å². The minimum absolute atomic E-state index is 0. The molecule has 0 radical (unpaired) electrons. The molecule has 8 aliphatic rings. The van der Waals surface area contributed by atoms with Crippen LogP contribution in [0.1, 0.15) is 257 Å². The smallest absolute Gasteiger partial charge is 0.871 e. The van der Waals surface area contributed by atoms with E-state index in [-0.39, 0.29) is 49.2 Å². The van der Waals surface area contributed by atoms with Gasteiger partial charge in [-0.3, -0.25) is 0 Å². The third-order valence-electron chi connectivity index (χ3n) is 20.3. The second-order valence-corrected chi connectivity index (χ2v) is 25.8. The normalized spacial score (nSPS) is 21.5.